The zero-order valence-electron chi connectivity index (χ0n) is 21.9. The van der Waals surface area contributed by atoms with Crippen molar-refractivity contribution in [3.8, 4) is 0 Å². The average Bonchev–Trinajstić information content (AvgIpc) is 3.31. The van der Waals surface area contributed by atoms with E-state index in [4.69, 9.17) is 0 Å². The van der Waals surface area contributed by atoms with Crippen LogP contribution in [0.2, 0.25) is 0 Å². The molecule has 1 aromatic heterocycles. The van der Waals surface area contributed by atoms with Gasteiger partial charge in [0, 0.05) is 78.6 Å². The van der Waals surface area contributed by atoms with Gasteiger partial charge in [-0.05, 0) is 73.0 Å². The molecule has 2 aliphatic rings. The van der Waals surface area contributed by atoms with E-state index >= 15 is 0 Å². The van der Waals surface area contributed by atoms with Gasteiger partial charge in [-0.25, -0.2) is 4.39 Å². The number of fused-ring (bicyclic) bond motifs is 3. The maximum atomic E-state index is 13.4. The molecular formula is C31H30F4N4O. The first-order chi connectivity index (χ1) is 19.2. The average molecular weight is 551 g/mol. The molecule has 1 fully saturated rings. The molecule has 40 heavy (non-hydrogen) atoms. The highest BCUT2D eigenvalue weighted by atomic mass is 19.4. The maximum absolute atomic E-state index is 13.4. The number of halogens is 4. The number of aromatic nitrogens is 1. The summed E-state index contributed by atoms with van der Waals surface area (Å²) in [7, 11) is 0. The first-order valence-corrected chi connectivity index (χ1v) is 13.6. The molecule has 0 bridgehead atoms. The molecule has 6 rings (SSSR count). The van der Waals surface area contributed by atoms with Crippen molar-refractivity contribution in [3.63, 3.8) is 0 Å². The molecule has 1 amide bonds. The number of benzene rings is 3. The number of H-pyrrole nitrogens is 1. The van der Waals surface area contributed by atoms with E-state index in [1.165, 1.54) is 30.0 Å². The number of hydrogen-bond acceptors (Lipinski definition) is 3. The Labute approximate surface area is 229 Å². The van der Waals surface area contributed by atoms with E-state index in [9.17, 15) is 22.4 Å². The largest absolute Gasteiger partial charge is 0.416 e. The van der Waals surface area contributed by atoms with Gasteiger partial charge in [-0.15, -0.1) is 0 Å². The summed E-state index contributed by atoms with van der Waals surface area (Å²) in [6.07, 6.45) is -1.93. The van der Waals surface area contributed by atoms with Crippen LogP contribution < -0.4 is 10.2 Å². The number of nitrogens with zero attached hydrogens (tertiary/aromatic N) is 2. The predicted octanol–water partition coefficient (Wildman–Crippen LogP) is 6.28. The lowest BCUT2D eigenvalue weighted by Gasteiger charge is -2.32. The highest BCUT2D eigenvalue weighted by Gasteiger charge is 2.30. The summed E-state index contributed by atoms with van der Waals surface area (Å²) in [4.78, 5) is 21.1. The molecule has 3 heterocycles. The number of piperidine rings is 1. The van der Waals surface area contributed by atoms with Crippen LogP contribution in [0.25, 0.3) is 10.9 Å². The lowest BCUT2D eigenvalue weighted by atomic mass is 10.0. The van der Waals surface area contributed by atoms with Gasteiger partial charge in [0.25, 0.3) is 5.91 Å². The normalized spacial score (nSPS) is 16.8. The molecule has 1 saturated heterocycles. The fraction of sp³-hybridized carbons (Fsp3) is 0.323. The van der Waals surface area contributed by atoms with Gasteiger partial charge >= 0.3 is 6.18 Å². The molecule has 0 atom stereocenters. The van der Waals surface area contributed by atoms with Crippen molar-refractivity contribution in [1.82, 2.24) is 15.2 Å². The quantitative estimate of drug-likeness (QED) is 0.288. The second-order valence-electron chi connectivity index (χ2n) is 10.7. The molecule has 4 aromatic rings. The van der Waals surface area contributed by atoms with Gasteiger partial charge in [-0.2, -0.15) is 13.2 Å². The van der Waals surface area contributed by atoms with E-state index in [-0.39, 0.29) is 17.8 Å². The van der Waals surface area contributed by atoms with Gasteiger partial charge in [-0.3, -0.25) is 9.69 Å². The maximum Gasteiger partial charge on any atom is 0.416 e. The Balaban J connectivity index is 1.07. The number of anilines is 1. The number of nitrogens with one attached hydrogen (secondary N) is 2. The smallest absolute Gasteiger partial charge is 0.367 e. The molecule has 5 nitrogen and oxygen atoms in total. The summed E-state index contributed by atoms with van der Waals surface area (Å²) in [5.74, 6) is -0.363. The van der Waals surface area contributed by atoms with Gasteiger partial charge < -0.3 is 15.2 Å². The molecule has 0 aliphatic carbocycles. The van der Waals surface area contributed by atoms with Crippen LogP contribution in [0.15, 0.2) is 66.7 Å². The number of alkyl halides is 3. The Morgan fingerprint density at radius 1 is 0.950 bits per heavy atom. The summed E-state index contributed by atoms with van der Waals surface area (Å²) < 4.78 is 51.8. The van der Waals surface area contributed by atoms with Crippen molar-refractivity contribution in [3.05, 3.63) is 100 Å². The van der Waals surface area contributed by atoms with Crippen molar-refractivity contribution >= 4 is 22.5 Å². The Morgan fingerprint density at radius 3 is 2.38 bits per heavy atom. The van der Waals surface area contributed by atoms with E-state index < -0.39 is 11.7 Å². The molecule has 0 unspecified atom stereocenters. The second kappa shape index (κ2) is 10.6. The fourth-order valence-electron chi connectivity index (χ4n) is 5.79. The SMILES string of the molecule is O=C(NC1CCN(Cc2ccc(C(F)(F)F)cc2)CC1)c1ccc2[nH]c3c(c2c1)CN(c1ccc(F)cc1)CC3. The Hall–Kier alpha value is -3.85. The lowest BCUT2D eigenvalue weighted by Crippen LogP contribution is -2.44. The molecular weight excluding hydrogens is 520 g/mol. The van der Waals surface area contributed by atoms with Crippen molar-refractivity contribution in [2.75, 3.05) is 24.5 Å². The van der Waals surface area contributed by atoms with Crippen LogP contribution in [0.5, 0.6) is 0 Å². The van der Waals surface area contributed by atoms with Crippen LogP contribution in [0.1, 0.15) is 45.6 Å². The third-order valence-corrected chi connectivity index (χ3v) is 8.04. The van der Waals surface area contributed by atoms with E-state index in [1.54, 1.807) is 12.1 Å². The number of aromatic amines is 1. The number of carbonyl (C=O) groups excluding carboxylic acids is 1. The van der Waals surface area contributed by atoms with Gasteiger partial charge in [0.1, 0.15) is 5.82 Å². The van der Waals surface area contributed by atoms with Crippen LogP contribution in [-0.2, 0) is 25.7 Å². The minimum atomic E-state index is -4.33. The van der Waals surface area contributed by atoms with E-state index in [2.05, 4.69) is 20.1 Å². The van der Waals surface area contributed by atoms with Gasteiger partial charge in [0.05, 0.1) is 5.56 Å². The lowest BCUT2D eigenvalue weighted by molar-refractivity contribution is -0.137. The van der Waals surface area contributed by atoms with Crippen molar-refractivity contribution < 1.29 is 22.4 Å². The number of carbonyl (C=O) groups is 1. The van der Waals surface area contributed by atoms with Gasteiger partial charge in [-0.1, -0.05) is 12.1 Å². The number of amides is 1. The monoisotopic (exact) mass is 550 g/mol. The Morgan fingerprint density at radius 2 is 1.68 bits per heavy atom. The Bertz CT molecular complexity index is 1500. The predicted molar refractivity (Wildman–Crippen MR) is 147 cm³/mol. The third kappa shape index (κ3) is 5.56. The number of likely N-dealkylation sites (tertiary alicyclic amines) is 1. The van der Waals surface area contributed by atoms with Gasteiger partial charge in [0.2, 0.25) is 0 Å². The zero-order valence-corrected chi connectivity index (χ0v) is 21.9. The van der Waals surface area contributed by atoms with Crippen LogP contribution in [0, 0.1) is 5.82 Å². The molecule has 3 aromatic carbocycles. The van der Waals surface area contributed by atoms with Crippen LogP contribution in [0.4, 0.5) is 23.2 Å². The summed E-state index contributed by atoms with van der Waals surface area (Å²) in [6.45, 7) is 3.62. The van der Waals surface area contributed by atoms with Crippen LogP contribution in [-0.4, -0.2) is 41.5 Å². The molecule has 208 valence electrons. The summed E-state index contributed by atoms with van der Waals surface area (Å²) in [5, 5.41) is 4.20. The van der Waals surface area contributed by atoms with Gasteiger partial charge in [0.15, 0.2) is 0 Å². The van der Waals surface area contributed by atoms with E-state index in [0.717, 1.165) is 78.7 Å². The fourth-order valence-corrected chi connectivity index (χ4v) is 5.79. The van der Waals surface area contributed by atoms with Crippen molar-refractivity contribution in [2.45, 2.75) is 44.6 Å². The highest BCUT2D eigenvalue weighted by molar-refractivity contribution is 5.99. The zero-order chi connectivity index (χ0) is 27.9. The minimum absolute atomic E-state index is 0.0427. The standard InChI is InChI=1S/C31H30F4N4O/c32-23-6-8-25(9-7-23)39-16-13-29-27(19-39)26-17-21(3-10-28(26)37-29)30(40)36-24-11-14-38(15-12-24)18-20-1-4-22(5-2-20)31(33,34)35/h1-10,17,24,37H,11-16,18-19H2,(H,36,40). The van der Waals surface area contributed by atoms with Crippen LogP contribution in [0.3, 0.4) is 0 Å². The second-order valence-corrected chi connectivity index (χ2v) is 10.7. The molecule has 0 spiro atoms. The summed E-state index contributed by atoms with van der Waals surface area (Å²) >= 11 is 0. The first-order valence-electron chi connectivity index (χ1n) is 13.6. The summed E-state index contributed by atoms with van der Waals surface area (Å²) in [6, 6.07) is 17.7. The molecule has 2 aliphatic heterocycles. The highest BCUT2D eigenvalue weighted by Crippen LogP contribution is 2.32. The molecule has 0 radical (unpaired) electrons. The number of rotatable bonds is 5. The van der Waals surface area contributed by atoms with E-state index in [1.807, 2.05) is 18.2 Å². The molecule has 0 saturated carbocycles. The minimum Gasteiger partial charge on any atom is -0.367 e. The topological polar surface area (TPSA) is 51.4 Å². The first kappa shape index (κ1) is 26.4. The van der Waals surface area contributed by atoms with Crippen molar-refractivity contribution in [1.29, 1.82) is 0 Å². The number of hydrogen-bond donors (Lipinski definition) is 2. The van der Waals surface area contributed by atoms with E-state index in [0.29, 0.717) is 18.7 Å². The summed E-state index contributed by atoms with van der Waals surface area (Å²) in [5.41, 5.74) is 5.13. The molecule has 2 N–H and O–H groups in total. The third-order valence-electron chi connectivity index (χ3n) is 8.04. The molecule has 9 heteroatoms. The van der Waals surface area contributed by atoms with Crippen molar-refractivity contribution in [2.24, 2.45) is 0 Å². The Kier molecular flexibility index (Phi) is 7.00. The van der Waals surface area contributed by atoms with Crippen LogP contribution >= 0.6 is 0 Å².